The van der Waals surface area contributed by atoms with Gasteiger partial charge in [-0.3, -0.25) is 9.59 Å². The van der Waals surface area contributed by atoms with Crippen LogP contribution >= 0.6 is 0 Å². The lowest BCUT2D eigenvalue weighted by molar-refractivity contribution is -0.140. The number of amides is 1. The van der Waals surface area contributed by atoms with Crippen LogP contribution in [0.1, 0.15) is 17.2 Å². The second kappa shape index (κ2) is 8.79. The summed E-state index contributed by atoms with van der Waals surface area (Å²) >= 11 is 0. The highest BCUT2D eigenvalue weighted by Gasteiger charge is 2.46. The first-order valence-corrected chi connectivity index (χ1v) is 9.08. The van der Waals surface area contributed by atoms with Crippen LogP contribution in [0.4, 0.5) is 0 Å². The second-order valence-corrected chi connectivity index (χ2v) is 6.46. The first-order chi connectivity index (χ1) is 14.0. The van der Waals surface area contributed by atoms with Crippen molar-refractivity contribution in [2.75, 3.05) is 34.5 Å². The average Bonchev–Trinajstić information content (AvgIpc) is 3.01. The smallest absolute Gasteiger partial charge is 0.295 e. The van der Waals surface area contributed by atoms with Gasteiger partial charge in [-0.2, -0.15) is 0 Å². The second-order valence-electron chi connectivity index (χ2n) is 6.46. The molecule has 0 aromatic heterocycles. The number of likely N-dealkylation sites (tertiary alicyclic amines) is 1. The Morgan fingerprint density at radius 3 is 2.38 bits per heavy atom. The van der Waals surface area contributed by atoms with Gasteiger partial charge in [0.1, 0.15) is 17.3 Å². The summed E-state index contributed by atoms with van der Waals surface area (Å²) < 4.78 is 15.8. The molecular formula is C22H23NO6. The lowest BCUT2D eigenvalue weighted by atomic mass is 9.94. The number of ether oxygens (including phenoxy) is 3. The zero-order valence-electron chi connectivity index (χ0n) is 16.5. The number of methoxy groups -OCH3 is 3. The summed E-state index contributed by atoms with van der Waals surface area (Å²) in [5, 5.41) is 10.9. The molecule has 1 heterocycles. The maximum atomic E-state index is 12.9. The van der Waals surface area contributed by atoms with Crippen LogP contribution < -0.4 is 9.47 Å². The number of aliphatic hydroxyl groups excluding tert-OH is 1. The van der Waals surface area contributed by atoms with Gasteiger partial charge in [0.2, 0.25) is 0 Å². The summed E-state index contributed by atoms with van der Waals surface area (Å²) in [4.78, 5) is 27.1. The molecule has 29 heavy (non-hydrogen) atoms. The molecule has 0 saturated carbocycles. The van der Waals surface area contributed by atoms with Crippen molar-refractivity contribution >= 4 is 17.4 Å². The molecule has 0 aliphatic carbocycles. The normalized spacial score (nSPS) is 18.2. The first kappa shape index (κ1) is 20.4. The maximum absolute atomic E-state index is 12.9. The SMILES string of the molecule is COCCN1C(=O)C(=O)C(=C(O)c2ccccc2)[C@H]1c1ccc(OC)cc1OC. The zero-order chi connectivity index (χ0) is 21.0. The van der Waals surface area contributed by atoms with E-state index in [0.717, 1.165) is 0 Å². The number of rotatable bonds is 7. The van der Waals surface area contributed by atoms with Crippen LogP contribution in [-0.4, -0.2) is 56.2 Å². The van der Waals surface area contributed by atoms with E-state index in [2.05, 4.69) is 0 Å². The Morgan fingerprint density at radius 2 is 1.76 bits per heavy atom. The van der Waals surface area contributed by atoms with Gasteiger partial charge in [0.15, 0.2) is 0 Å². The average molecular weight is 397 g/mol. The van der Waals surface area contributed by atoms with Crippen LogP contribution in [0.15, 0.2) is 54.1 Å². The number of Topliss-reactive ketones (excluding diaryl/α,β-unsaturated/α-hetero) is 1. The summed E-state index contributed by atoms with van der Waals surface area (Å²) in [7, 11) is 4.55. The molecular weight excluding hydrogens is 374 g/mol. The fourth-order valence-electron chi connectivity index (χ4n) is 3.42. The van der Waals surface area contributed by atoms with Gasteiger partial charge in [0.25, 0.3) is 11.7 Å². The van der Waals surface area contributed by atoms with Crippen molar-refractivity contribution in [3.63, 3.8) is 0 Å². The van der Waals surface area contributed by atoms with E-state index in [1.807, 2.05) is 0 Å². The molecule has 1 N–H and O–H groups in total. The Labute approximate surface area is 169 Å². The summed E-state index contributed by atoms with van der Waals surface area (Å²) in [6.07, 6.45) is 0. The highest BCUT2D eigenvalue weighted by Crippen LogP contribution is 2.43. The molecule has 1 saturated heterocycles. The van der Waals surface area contributed by atoms with Gasteiger partial charge in [-0.1, -0.05) is 30.3 Å². The molecule has 7 nitrogen and oxygen atoms in total. The lowest BCUT2D eigenvalue weighted by Crippen LogP contribution is -2.32. The minimum atomic E-state index is -0.814. The predicted octanol–water partition coefficient (Wildman–Crippen LogP) is 2.77. The number of ketones is 1. The molecule has 1 aliphatic heterocycles. The molecule has 2 aromatic carbocycles. The molecule has 7 heteroatoms. The van der Waals surface area contributed by atoms with Crippen molar-refractivity contribution in [3.05, 3.63) is 65.2 Å². The molecule has 3 rings (SSSR count). The van der Waals surface area contributed by atoms with Crippen LogP contribution in [0, 0.1) is 0 Å². The van der Waals surface area contributed by atoms with Crippen molar-refractivity contribution in [1.29, 1.82) is 0 Å². The van der Waals surface area contributed by atoms with Crippen LogP contribution in [0.3, 0.4) is 0 Å². The fourth-order valence-corrected chi connectivity index (χ4v) is 3.42. The van der Waals surface area contributed by atoms with E-state index in [4.69, 9.17) is 14.2 Å². The summed E-state index contributed by atoms with van der Waals surface area (Å²) in [6.45, 7) is 0.430. The third kappa shape index (κ3) is 3.82. The Morgan fingerprint density at radius 1 is 1.03 bits per heavy atom. The van der Waals surface area contributed by atoms with E-state index >= 15 is 0 Å². The third-order valence-electron chi connectivity index (χ3n) is 4.86. The van der Waals surface area contributed by atoms with Crippen LogP contribution in [0.5, 0.6) is 11.5 Å². The quantitative estimate of drug-likeness (QED) is 0.439. The third-order valence-corrected chi connectivity index (χ3v) is 4.86. The van der Waals surface area contributed by atoms with E-state index < -0.39 is 17.7 Å². The van der Waals surface area contributed by atoms with Gasteiger partial charge in [-0.15, -0.1) is 0 Å². The predicted molar refractivity (Wildman–Crippen MR) is 107 cm³/mol. The molecule has 1 atom stereocenters. The number of hydrogen-bond donors (Lipinski definition) is 1. The van der Waals surface area contributed by atoms with E-state index in [1.54, 1.807) is 48.5 Å². The molecule has 2 aromatic rings. The largest absolute Gasteiger partial charge is 0.507 e. The summed E-state index contributed by atoms with van der Waals surface area (Å²) in [6, 6.07) is 13.0. The van der Waals surface area contributed by atoms with Crippen molar-refractivity contribution in [3.8, 4) is 11.5 Å². The fraction of sp³-hybridized carbons (Fsp3) is 0.273. The molecule has 152 valence electrons. The Hall–Kier alpha value is -3.32. The van der Waals surface area contributed by atoms with Gasteiger partial charge >= 0.3 is 0 Å². The Balaban J connectivity index is 2.21. The van der Waals surface area contributed by atoms with Crippen LogP contribution in [0.2, 0.25) is 0 Å². The van der Waals surface area contributed by atoms with Gasteiger partial charge < -0.3 is 24.2 Å². The van der Waals surface area contributed by atoms with Gasteiger partial charge in [-0.05, 0) is 12.1 Å². The zero-order valence-corrected chi connectivity index (χ0v) is 16.5. The molecule has 0 radical (unpaired) electrons. The monoisotopic (exact) mass is 397 g/mol. The highest BCUT2D eigenvalue weighted by atomic mass is 16.5. The molecule has 0 bridgehead atoms. The molecule has 1 amide bonds. The molecule has 0 unspecified atom stereocenters. The van der Waals surface area contributed by atoms with Crippen LogP contribution in [-0.2, 0) is 14.3 Å². The molecule has 0 spiro atoms. The van der Waals surface area contributed by atoms with Gasteiger partial charge in [0.05, 0.1) is 32.4 Å². The minimum Gasteiger partial charge on any atom is -0.507 e. The van der Waals surface area contributed by atoms with E-state index in [-0.39, 0.29) is 24.5 Å². The maximum Gasteiger partial charge on any atom is 0.295 e. The van der Waals surface area contributed by atoms with Gasteiger partial charge in [0, 0.05) is 30.8 Å². The van der Waals surface area contributed by atoms with E-state index in [9.17, 15) is 14.7 Å². The van der Waals surface area contributed by atoms with Crippen molar-refractivity contribution in [2.24, 2.45) is 0 Å². The van der Waals surface area contributed by atoms with Crippen molar-refractivity contribution in [2.45, 2.75) is 6.04 Å². The topological polar surface area (TPSA) is 85.3 Å². The molecule has 1 fully saturated rings. The number of carbonyl (C=O) groups excluding carboxylic acids is 2. The first-order valence-electron chi connectivity index (χ1n) is 9.08. The standard InChI is InChI=1S/C22H23NO6/c1-27-12-11-23-19(16-10-9-15(28-2)13-17(16)29-3)18(21(25)22(23)26)20(24)14-7-5-4-6-8-14/h4-10,13,19,24H,11-12H2,1-3H3/t19-/m1/s1. The lowest BCUT2D eigenvalue weighted by Gasteiger charge is -2.26. The summed E-state index contributed by atoms with van der Waals surface area (Å²) in [5.41, 5.74) is 1.04. The van der Waals surface area contributed by atoms with E-state index in [0.29, 0.717) is 22.6 Å². The Bertz CT molecular complexity index is 938. The number of carbonyl (C=O) groups is 2. The minimum absolute atomic E-state index is 0.0146. The van der Waals surface area contributed by atoms with Crippen molar-refractivity contribution < 1.29 is 28.9 Å². The van der Waals surface area contributed by atoms with E-state index in [1.165, 1.54) is 26.2 Å². The number of benzene rings is 2. The Kier molecular flexibility index (Phi) is 6.19. The van der Waals surface area contributed by atoms with Crippen molar-refractivity contribution in [1.82, 2.24) is 4.90 Å². The number of nitrogens with zero attached hydrogens (tertiary/aromatic N) is 1. The van der Waals surface area contributed by atoms with Crippen LogP contribution in [0.25, 0.3) is 5.76 Å². The molecule has 1 aliphatic rings. The van der Waals surface area contributed by atoms with Gasteiger partial charge in [-0.25, -0.2) is 0 Å². The highest BCUT2D eigenvalue weighted by molar-refractivity contribution is 6.46. The number of aliphatic hydroxyl groups is 1. The number of hydrogen-bond acceptors (Lipinski definition) is 6. The summed E-state index contributed by atoms with van der Waals surface area (Å²) in [5.74, 6) is -0.653.